The molecule has 2 heteroatoms. The van der Waals surface area contributed by atoms with E-state index in [-0.39, 0.29) is 0 Å². The third-order valence-electron chi connectivity index (χ3n) is 4.57. The number of hydrogen-bond acceptors (Lipinski definition) is 2. The topological polar surface area (TPSA) is 15.3 Å². The molecule has 0 spiro atoms. The van der Waals surface area contributed by atoms with Crippen molar-refractivity contribution in [2.24, 2.45) is 17.8 Å². The van der Waals surface area contributed by atoms with Crippen LogP contribution in [-0.4, -0.2) is 31.1 Å². The number of likely N-dealkylation sites (tertiary alicyclic amines) is 1. The van der Waals surface area contributed by atoms with Gasteiger partial charge >= 0.3 is 0 Å². The van der Waals surface area contributed by atoms with Crippen LogP contribution in [0.5, 0.6) is 0 Å². The highest BCUT2D eigenvalue weighted by Crippen LogP contribution is 2.27. The summed E-state index contributed by atoms with van der Waals surface area (Å²) < 4.78 is 0. The molecule has 3 unspecified atom stereocenters. The third-order valence-corrected chi connectivity index (χ3v) is 4.57. The van der Waals surface area contributed by atoms with E-state index in [4.69, 9.17) is 0 Å². The van der Waals surface area contributed by atoms with E-state index in [0.29, 0.717) is 0 Å². The van der Waals surface area contributed by atoms with Crippen LogP contribution in [0.1, 0.15) is 25.8 Å². The number of rotatable bonds is 2. The van der Waals surface area contributed by atoms with E-state index in [1.54, 1.807) is 0 Å². The monoisotopic (exact) mass is 258 g/mol. The van der Waals surface area contributed by atoms with Crippen LogP contribution in [0.15, 0.2) is 24.3 Å². The van der Waals surface area contributed by atoms with Crippen molar-refractivity contribution < 1.29 is 0 Å². The quantitative estimate of drug-likeness (QED) is 0.876. The highest BCUT2D eigenvalue weighted by molar-refractivity contribution is 5.53. The van der Waals surface area contributed by atoms with Crippen molar-refractivity contribution >= 4 is 5.69 Å². The largest absolute Gasteiger partial charge is 0.384 e. The molecule has 0 bridgehead atoms. The minimum absolute atomic E-state index is 0.771. The van der Waals surface area contributed by atoms with Gasteiger partial charge in [-0.1, -0.05) is 32.0 Å². The van der Waals surface area contributed by atoms with Crippen LogP contribution in [0, 0.1) is 17.8 Å². The molecule has 2 aliphatic heterocycles. The normalized spacial score (nSPS) is 31.6. The van der Waals surface area contributed by atoms with Gasteiger partial charge in [0.05, 0.1) is 0 Å². The van der Waals surface area contributed by atoms with Gasteiger partial charge < -0.3 is 10.2 Å². The lowest BCUT2D eigenvalue weighted by molar-refractivity contribution is 0.123. The summed E-state index contributed by atoms with van der Waals surface area (Å²) in [5.41, 5.74) is 2.84. The van der Waals surface area contributed by atoms with Gasteiger partial charge in [0, 0.05) is 31.9 Å². The minimum atomic E-state index is 0.771. The zero-order valence-electron chi connectivity index (χ0n) is 12.2. The summed E-state index contributed by atoms with van der Waals surface area (Å²) in [6.45, 7) is 9.78. The molecule has 0 aromatic heterocycles. The zero-order chi connectivity index (χ0) is 13.2. The maximum atomic E-state index is 3.60. The Bertz CT molecular complexity index is 419. The van der Waals surface area contributed by atoms with Crippen molar-refractivity contribution in [1.82, 2.24) is 4.90 Å². The number of hydrogen-bond donors (Lipinski definition) is 1. The molecule has 0 amide bonds. The lowest BCUT2D eigenvalue weighted by Gasteiger charge is -2.38. The van der Waals surface area contributed by atoms with E-state index < -0.39 is 0 Å². The first kappa shape index (κ1) is 13.0. The van der Waals surface area contributed by atoms with E-state index in [2.05, 4.69) is 48.3 Å². The number of para-hydroxylation sites is 1. The Morgan fingerprint density at radius 1 is 1.16 bits per heavy atom. The maximum absolute atomic E-state index is 3.60. The molecule has 3 atom stereocenters. The summed E-state index contributed by atoms with van der Waals surface area (Å²) in [6, 6.07) is 8.76. The second-order valence-corrected chi connectivity index (χ2v) is 6.77. The SMILES string of the molecule is CC1CC(C)CN(CC2CNc3ccccc3C2)C1. The van der Waals surface area contributed by atoms with Crippen molar-refractivity contribution in [2.75, 3.05) is 31.5 Å². The second kappa shape index (κ2) is 5.54. The number of anilines is 1. The first-order chi connectivity index (χ1) is 9.20. The average Bonchev–Trinajstić information content (AvgIpc) is 2.37. The molecule has 19 heavy (non-hydrogen) atoms. The molecule has 1 saturated heterocycles. The molecule has 2 nitrogen and oxygen atoms in total. The van der Waals surface area contributed by atoms with Gasteiger partial charge in [0.15, 0.2) is 0 Å². The van der Waals surface area contributed by atoms with Crippen LogP contribution in [-0.2, 0) is 6.42 Å². The van der Waals surface area contributed by atoms with Crippen molar-refractivity contribution in [3.63, 3.8) is 0 Å². The third kappa shape index (κ3) is 3.11. The van der Waals surface area contributed by atoms with Crippen molar-refractivity contribution in [3.8, 4) is 0 Å². The van der Waals surface area contributed by atoms with E-state index in [1.165, 1.54) is 43.7 Å². The molecule has 1 N–H and O–H groups in total. The van der Waals surface area contributed by atoms with Gasteiger partial charge in [0.2, 0.25) is 0 Å². The van der Waals surface area contributed by atoms with Crippen LogP contribution in [0.2, 0.25) is 0 Å². The van der Waals surface area contributed by atoms with E-state index >= 15 is 0 Å². The molecule has 0 radical (unpaired) electrons. The average molecular weight is 258 g/mol. The van der Waals surface area contributed by atoms with Crippen LogP contribution >= 0.6 is 0 Å². The lowest BCUT2D eigenvalue weighted by atomic mass is 9.89. The Balaban J connectivity index is 1.60. The summed E-state index contributed by atoms with van der Waals surface area (Å²) in [7, 11) is 0. The summed E-state index contributed by atoms with van der Waals surface area (Å²) in [4.78, 5) is 2.69. The number of fused-ring (bicyclic) bond motifs is 1. The Labute approximate surface area is 117 Å². The molecular weight excluding hydrogens is 232 g/mol. The highest BCUT2D eigenvalue weighted by Gasteiger charge is 2.25. The number of piperidine rings is 1. The lowest BCUT2D eigenvalue weighted by Crippen LogP contribution is -2.43. The molecule has 1 aromatic rings. The molecule has 0 saturated carbocycles. The maximum Gasteiger partial charge on any atom is 0.0372 e. The van der Waals surface area contributed by atoms with Crippen LogP contribution in [0.3, 0.4) is 0 Å². The highest BCUT2D eigenvalue weighted by atomic mass is 15.1. The number of nitrogens with zero attached hydrogens (tertiary/aromatic N) is 1. The molecule has 2 heterocycles. The van der Waals surface area contributed by atoms with Gasteiger partial charge in [-0.05, 0) is 42.2 Å². The minimum Gasteiger partial charge on any atom is -0.384 e. The fourth-order valence-electron chi connectivity index (χ4n) is 3.94. The molecule has 104 valence electrons. The Hall–Kier alpha value is -1.02. The second-order valence-electron chi connectivity index (χ2n) is 6.77. The smallest absolute Gasteiger partial charge is 0.0372 e. The van der Waals surface area contributed by atoms with Crippen LogP contribution < -0.4 is 5.32 Å². The van der Waals surface area contributed by atoms with Gasteiger partial charge in [-0.2, -0.15) is 0 Å². The molecule has 3 rings (SSSR count). The summed E-state index contributed by atoms with van der Waals surface area (Å²) in [5.74, 6) is 2.51. The van der Waals surface area contributed by atoms with Crippen molar-refractivity contribution in [3.05, 3.63) is 29.8 Å². The predicted molar refractivity (Wildman–Crippen MR) is 81.5 cm³/mol. The standard InChI is InChI=1S/C17H26N2/c1-13-7-14(2)11-19(10-13)12-15-8-16-5-3-4-6-17(16)18-9-15/h3-6,13-15,18H,7-12H2,1-2H3. The van der Waals surface area contributed by atoms with Crippen LogP contribution in [0.4, 0.5) is 5.69 Å². The van der Waals surface area contributed by atoms with Crippen LogP contribution in [0.25, 0.3) is 0 Å². The van der Waals surface area contributed by atoms with Gasteiger partial charge in [0.1, 0.15) is 0 Å². The van der Waals surface area contributed by atoms with E-state index in [1.807, 2.05) is 0 Å². The van der Waals surface area contributed by atoms with Gasteiger partial charge in [-0.25, -0.2) is 0 Å². The Kier molecular flexibility index (Phi) is 3.79. The first-order valence-corrected chi connectivity index (χ1v) is 7.75. The van der Waals surface area contributed by atoms with Gasteiger partial charge in [0.25, 0.3) is 0 Å². The van der Waals surface area contributed by atoms with Crippen molar-refractivity contribution in [1.29, 1.82) is 0 Å². The molecule has 1 aromatic carbocycles. The predicted octanol–water partition coefficient (Wildman–Crippen LogP) is 3.25. The summed E-state index contributed by atoms with van der Waals surface area (Å²) in [6.07, 6.45) is 2.64. The molecular formula is C17H26N2. The molecule has 2 aliphatic rings. The fourth-order valence-corrected chi connectivity index (χ4v) is 3.94. The Morgan fingerprint density at radius 2 is 1.89 bits per heavy atom. The summed E-state index contributed by atoms with van der Waals surface area (Å²) in [5, 5.41) is 3.60. The molecule has 1 fully saturated rings. The van der Waals surface area contributed by atoms with Crippen molar-refractivity contribution in [2.45, 2.75) is 26.7 Å². The van der Waals surface area contributed by atoms with E-state index in [9.17, 15) is 0 Å². The number of nitrogens with one attached hydrogen (secondary N) is 1. The molecule has 0 aliphatic carbocycles. The van der Waals surface area contributed by atoms with Gasteiger partial charge in [-0.3, -0.25) is 0 Å². The van der Waals surface area contributed by atoms with Gasteiger partial charge in [-0.15, -0.1) is 0 Å². The first-order valence-electron chi connectivity index (χ1n) is 7.75. The Morgan fingerprint density at radius 3 is 2.68 bits per heavy atom. The number of benzene rings is 1. The van der Waals surface area contributed by atoms with E-state index in [0.717, 1.165) is 24.3 Å². The fraction of sp³-hybridized carbons (Fsp3) is 0.647. The summed E-state index contributed by atoms with van der Waals surface area (Å²) >= 11 is 0. The zero-order valence-corrected chi connectivity index (χ0v) is 12.2.